The van der Waals surface area contributed by atoms with Crippen LogP contribution < -0.4 is 10.4 Å². The predicted molar refractivity (Wildman–Crippen MR) is 64.5 cm³/mol. The smallest absolute Gasteiger partial charge is 0.377 e. The number of benzene rings is 1. The Kier molecular flexibility index (Phi) is 3.27. The molecule has 0 atom stereocenters. The summed E-state index contributed by atoms with van der Waals surface area (Å²) in [6.07, 6.45) is 0. The second-order valence-electron chi connectivity index (χ2n) is 3.46. The van der Waals surface area contributed by atoms with E-state index in [2.05, 4.69) is 4.98 Å². The molecule has 6 nitrogen and oxygen atoms in total. The van der Waals surface area contributed by atoms with Crippen LogP contribution >= 0.6 is 0 Å². The lowest BCUT2D eigenvalue weighted by Crippen LogP contribution is -2.32. The Morgan fingerprint density at radius 1 is 1.39 bits per heavy atom. The fraction of sp³-hybridized carbons (Fsp3) is 0.250. The molecule has 0 aliphatic rings. The highest BCUT2D eigenvalue weighted by Gasteiger charge is 2.18. The van der Waals surface area contributed by atoms with Crippen molar-refractivity contribution < 1.29 is 14.4 Å². The number of carbonyl (C=O) groups excluding carboxylic acids is 1. The first-order valence-corrected chi connectivity index (χ1v) is 5.42. The largest absolute Gasteiger partial charge is 0.460 e. The van der Waals surface area contributed by atoms with Crippen molar-refractivity contribution in [3.63, 3.8) is 0 Å². The number of hydrogen-bond donors (Lipinski definition) is 0. The van der Waals surface area contributed by atoms with Gasteiger partial charge in [0.1, 0.15) is 7.11 Å². The molecular weight excluding hydrogens is 236 g/mol. The first-order valence-electron chi connectivity index (χ1n) is 5.42. The number of hydrogen-bond acceptors (Lipinski definition) is 5. The molecule has 0 saturated heterocycles. The summed E-state index contributed by atoms with van der Waals surface area (Å²) in [6, 6.07) is 6.73. The van der Waals surface area contributed by atoms with E-state index in [1.165, 1.54) is 7.11 Å². The molecule has 1 heterocycles. The lowest BCUT2D eigenvalue weighted by molar-refractivity contribution is 0.0451. The molecule has 18 heavy (non-hydrogen) atoms. The lowest BCUT2D eigenvalue weighted by atomic mass is 10.2. The minimum Gasteiger partial charge on any atom is -0.460 e. The molecule has 2 rings (SSSR count). The summed E-state index contributed by atoms with van der Waals surface area (Å²) in [7, 11) is 1.29. The third kappa shape index (κ3) is 1.92. The van der Waals surface area contributed by atoms with Crippen molar-refractivity contribution in [3.05, 3.63) is 40.4 Å². The highest BCUT2D eigenvalue weighted by molar-refractivity contribution is 5.88. The minimum atomic E-state index is -0.692. The molecule has 0 aliphatic carbocycles. The Morgan fingerprint density at radius 3 is 2.78 bits per heavy atom. The highest BCUT2D eigenvalue weighted by atomic mass is 16.7. The quantitative estimate of drug-likeness (QED) is 0.745. The minimum absolute atomic E-state index is 0.164. The van der Waals surface area contributed by atoms with Gasteiger partial charge in [-0.3, -0.25) is 4.79 Å². The lowest BCUT2D eigenvalue weighted by Gasteiger charge is -2.10. The van der Waals surface area contributed by atoms with Gasteiger partial charge in [-0.25, -0.2) is 9.78 Å². The summed E-state index contributed by atoms with van der Waals surface area (Å²) in [5.41, 5.74) is -0.00925. The fourth-order valence-electron chi connectivity index (χ4n) is 1.61. The summed E-state index contributed by atoms with van der Waals surface area (Å²) in [5, 5.41) is 0.382. The maximum atomic E-state index is 12.1. The second-order valence-corrected chi connectivity index (χ2v) is 3.46. The van der Waals surface area contributed by atoms with Gasteiger partial charge >= 0.3 is 5.97 Å². The van der Waals surface area contributed by atoms with Crippen molar-refractivity contribution in [1.29, 1.82) is 0 Å². The van der Waals surface area contributed by atoms with Gasteiger partial charge in [0.05, 0.1) is 17.5 Å². The van der Waals surface area contributed by atoms with Crippen molar-refractivity contribution in [3.8, 4) is 0 Å². The normalized spacial score (nSPS) is 10.3. The molecule has 0 aliphatic heterocycles. The molecule has 6 heteroatoms. The second kappa shape index (κ2) is 4.87. The molecule has 0 N–H and O–H groups in total. The van der Waals surface area contributed by atoms with Crippen LogP contribution in [0.25, 0.3) is 10.9 Å². The van der Waals surface area contributed by atoms with Crippen LogP contribution in [0.4, 0.5) is 0 Å². The van der Waals surface area contributed by atoms with Gasteiger partial charge in [-0.2, -0.15) is 0 Å². The summed E-state index contributed by atoms with van der Waals surface area (Å²) >= 11 is 0. The zero-order valence-electron chi connectivity index (χ0n) is 10.0. The van der Waals surface area contributed by atoms with Gasteiger partial charge in [0.25, 0.3) is 11.4 Å². The van der Waals surface area contributed by atoms with Crippen molar-refractivity contribution in [2.24, 2.45) is 0 Å². The molecule has 0 bridgehead atoms. The van der Waals surface area contributed by atoms with E-state index in [0.717, 1.165) is 4.73 Å². The first-order chi connectivity index (χ1) is 8.69. The Hall–Kier alpha value is -2.37. The summed E-state index contributed by atoms with van der Waals surface area (Å²) in [4.78, 5) is 32.8. The molecule has 0 amide bonds. The van der Waals surface area contributed by atoms with Crippen molar-refractivity contribution in [1.82, 2.24) is 9.71 Å². The zero-order chi connectivity index (χ0) is 13.1. The van der Waals surface area contributed by atoms with Crippen LogP contribution in [-0.4, -0.2) is 29.4 Å². The molecule has 1 aromatic heterocycles. The number of esters is 1. The molecule has 0 saturated carbocycles. The fourth-order valence-corrected chi connectivity index (χ4v) is 1.61. The highest BCUT2D eigenvalue weighted by Crippen LogP contribution is 2.07. The van der Waals surface area contributed by atoms with E-state index in [0.29, 0.717) is 10.9 Å². The van der Waals surface area contributed by atoms with E-state index in [1.807, 2.05) is 0 Å². The van der Waals surface area contributed by atoms with Crippen LogP contribution in [0.3, 0.4) is 0 Å². The SMILES string of the molecule is CCOC(=O)c1nc2ccccc2c(=O)n1OC. The van der Waals surface area contributed by atoms with Crippen LogP contribution in [0.1, 0.15) is 17.5 Å². The van der Waals surface area contributed by atoms with E-state index < -0.39 is 11.5 Å². The van der Waals surface area contributed by atoms with E-state index in [9.17, 15) is 9.59 Å². The number of aromatic nitrogens is 2. The van der Waals surface area contributed by atoms with E-state index in [1.54, 1.807) is 31.2 Å². The predicted octanol–water partition coefficient (Wildman–Crippen LogP) is 0.632. The van der Waals surface area contributed by atoms with Crippen LogP contribution in [0.2, 0.25) is 0 Å². The van der Waals surface area contributed by atoms with E-state index >= 15 is 0 Å². The summed E-state index contributed by atoms with van der Waals surface area (Å²) in [6.45, 7) is 1.87. The van der Waals surface area contributed by atoms with E-state index in [4.69, 9.17) is 9.57 Å². The number of rotatable bonds is 3. The molecular formula is C12H12N2O4. The van der Waals surface area contributed by atoms with Crippen molar-refractivity contribution >= 4 is 16.9 Å². The van der Waals surface area contributed by atoms with Gasteiger partial charge < -0.3 is 9.57 Å². The maximum Gasteiger partial charge on any atom is 0.377 e. The monoisotopic (exact) mass is 248 g/mol. The van der Waals surface area contributed by atoms with Gasteiger partial charge in [0.2, 0.25) is 0 Å². The van der Waals surface area contributed by atoms with Crippen LogP contribution in [0.15, 0.2) is 29.1 Å². The number of ether oxygens (including phenoxy) is 1. The number of carbonyl (C=O) groups is 1. The number of nitrogens with zero attached hydrogens (tertiary/aromatic N) is 2. The Bertz CT molecular complexity index is 648. The van der Waals surface area contributed by atoms with Gasteiger partial charge in [-0.15, -0.1) is 4.73 Å². The Balaban J connectivity index is 2.73. The number of fused-ring (bicyclic) bond motifs is 1. The van der Waals surface area contributed by atoms with Gasteiger partial charge in [0.15, 0.2) is 0 Å². The Labute approximate surface area is 103 Å². The van der Waals surface area contributed by atoms with Gasteiger partial charge in [0, 0.05) is 0 Å². The third-order valence-electron chi connectivity index (χ3n) is 2.38. The van der Waals surface area contributed by atoms with Crippen LogP contribution in [-0.2, 0) is 4.74 Å². The molecule has 1 aromatic carbocycles. The van der Waals surface area contributed by atoms with Gasteiger partial charge in [-0.1, -0.05) is 12.1 Å². The Morgan fingerprint density at radius 2 is 2.11 bits per heavy atom. The molecule has 0 radical (unpaired) electrons. The molecule has 94 valence electrons. The third-order valence-corrected chi connectivity index (χ3v) is 2.38. The zero-order valence-corrected chi connectivity index (χ0v) is 10.0. The van der Waals surface area contributed by atoms with Gasteiger partial charge in [-0.05, 0) is 19.1 Å². The maximum absolute atomic E-state index is 12.1. The molecule has 0 unspecified atom stereocenters. The van der Waals surface area contributed by atoms with Crippen molar-refractivity contribution in [2.45, 2.75) is 6.92 Å². The van der Waals surface area contributed by atoms with E-state index in [-0.39, 0.29) is 12.4 Å². The molecule has 0 spiro atoms. The van der Waals surface area contributed by atoms with Crippen LogP contribution in [0, 0.1) is 0 Å². The average Bonchev–Trinajstić information content (AvgIpc) is 2.39. The average molecular weight is 248 g/mol. The number of para-hydroxylation sites is 1. The molecule has 2 aromatic rings. The van der Waals surface area contributed by atoms with Crippen molar-refractivity contribution in [2.75, 3.05) is 13.7 Å². The molecule has 0 fully saturated rings. The summed E-state index contributed by atoms with van der Waals surface area (Å²) in [5.74, 6) is -0.856. The standard InChI is InChI=1S/C12H12N2O4/c1-3-18-12(16)10-13-9-7-5-4-6-8(9)11(15)14(10)17-2/h4-7H,3H2,1-2H3. The van der Waals surface area contributed by atoms with Crippen LogP contribution in [0.5, 0.6) is 0 Å². The first kappa shape index (κ1) is 12.1. The topological polar surface area (TPSA) is 70.4 Å². The summed E-state index contributed by atoms with van der Waals surface area (Å²) < 4.78 is 5.67.